The highest BCUT2D eigenvalue weighted by Crippen LogP contribution is 2.45. The number of methoxy groups -OCH3 is 2. The third-order valence-corrected chi connectivity index (χ3v) is 4.41. The third-order valence-electron chi connectivity index (χ3n) is 4.41. The fourth-order valence-corrected chi connectivity index (χ4v) is 3.38. The van der Waals surface area contributed by atoms with E-state index in [0.29, 0.717) is 18.1 Å². The van der Waals surface area contributed by atoms with Gasteiger partial charge in [0.2, 0.25) is 0 Å². The van der Waals surface area contributed by atoms with Crippen LogP contribution in [0.4, 0.5) is 0 Å². The van der Waals surface area contributed by atoms with Gasteiger partial charge in [-0.2, -0.15) is 0 Å². The lowest BCUT2D eigenvalue weighted by molar-refractivity contribution is 0.0883. The van der Waals surface area contributed by atoms with Crippen molar-refractivity contribution in [3.8, 4) is 11.5 Å². The predicted octanol–water partition coefficient (Wildman–Crippen LogP) is 2.27. The van der Waals surface area contributed by atoms with E-state index < -0.39 is 0 Å². The van der Waals surface area contributed by atoms with Gasteiger partial charge in [0.05, 0.1) is 26.4 Å². The average Bonchev–Trinajstić information content (AvgIpc) is 3.08. The summed E-state index contributed by atoms with van der Waals surface area (Å²) >= 11 is 0. The number of benzene rings is 1. The molecule has 2 bridgehead atoms. The van der Waals surface area contributed by atoms with Crippen LogP contribution in [0.25, 0.3) is 0 Å². The van der Waals surface area contributed by atoms with Crippen molar-refractivity contribution in [1.29, 1.82) is 0 Å². The first kappa shape index (κ1) is 12.8. The molecule has 2 heterocycles. The van der Waals surface area contributed by atoms with Crippen LogP contribution in [0.5, 0.6) is 11.5 Å². The molecule has 2 aliphatic heterocycles. The first-order chi connectivity index (χ1) is 9.22. The van der Waals surface area contributed by atoms with Gasteiger partial charge in [0.25, 0.3) is 0 Å². The number of fused-ring (bicyclic) bond motifs is 2. The van der Waals surface area contributed by atoms with E-state index in [0.717, 1.165) is 29.9 Å². The maximum atomic E-state index is 6.45. The summed E-state index contributed by atoms with van der Waals surface area (Å²) in [6, 6.07) is 5.81. The molecule has 4 atom stereocenters. The number of ether oxygens (including phenoxy) is 3. The minimum absolute atomic E-state index is 0.0313. The van der Waals surface area contributed by atoms with Crippen LogP contribution in [0, 0.1) is 5.92 Å². The van der Waals surface area contributed by atoms with Crippen molar-refractivity contribution in [1.82, 2.24) is 0 Å². The molecule has 0 aliphatic carbocycles. The van der Waals surface area contributed by atoms with Crippen LogP contribution in [0.2, 0.25) is 0 Å². The van der Waals surface area contributed by atoms with Crippen LogP contribution in [0.15, 0.2) is 18.2 Å². The molecule has 0 radical (unpaired) electrons. The molecule has 4 unspecified atom stereocenters. The summed E-state index contributed by atoms with van der Waals surface area (Å²) in [5.41, 5.74) is 7.50. The molecule has 2 N–H and O–H groups in total. The van der Waals surface area contributed by atoms with Gasteiger partial charge >= 0.3 is 0 Å². The Morgan fingerprint density at radius 1 is 1.26 bits per heavy atom. The molecule has 1 aromatic rings. The van der Waals surface area contributed by atoms with E-state index in [1.807, 2.05) is 18.2 Å². The Labute approximate surface area is 113 Å². The lowest BCUT2D eigenvalue weighted by atomic mass is 9.81. The summed E-state index contributed by atoms with van der Waals surface area (Å²) in [7, 11) is 3.32. The highest BCUT2D eigenvalue weighted by atomic mass is 16.5. The fraction of sp³-hybridized carbons (Fsp3) is 0.600. The second kappa shape index (κ2) is 5.02. The lowest BCUT2D eigenvalue weighted by Gasteiger charge is -2.26. The zero-order valence-electron chi connectivity index (χ0n) is 11.5. The highest BCUT2D eigenvalue weighted by molar-refractivity contribution is 5.42. The number of nitrogens with two attached hydrogens (primary N) is 1. The molecule has 4 heteroatoms. The number of hydrogen-bond donors (Lipinski definition) is 1. The van der Waals surface area contributed by atoms with Gasteiger partial charge in [0.15, 0.2) is 0 Å². The van der Waals surface area contributed by atoms with E-state index in [4.69, 9.17) is 19.9 Å². The third kappa shape index (κ3) is 2.19. The van der Waals surface area contributed by atoms with Crippen molar-refractivity contribution in [2.75, 3.05) is 14.2 Å². The summed E-state index contributed by atoms with van der Waals surface area (Å²) in [5, 5.41) is 0. The Balaban J connectivity index is 1.85. The van der Waals surface area contributed by atoms with Gasteiger partial charge < -0.3 is 19.9 Å². The SMILES string of the molecule is COc1ccc(C(N)C2CC3CCC2O3)c(OC)c1. The molecule has 2 aliphatic rings. The first-order valence-corrected chi connectivity index (χ1v) is 6.86. The van der Waals surface area contributed by atoms with Crippen LogP contribution in [0.3, 0.4) is 0 Å². The average molecular weight is 263 g/mol. The minimum Gasteiger partial charge on any atom is -0.497 e. The molecule has 3 rings (SSSR count). The second-order valence-electron chi connectivity index (χ2n) is 5.41. The van der Waals surface area contributed by atoms with Gasteiger partial charge in [-0.1, -0.05) is 6.07 Å². The van der Waals surface area contributed by atoms with Crippen molar-refractivity contribution < 1.29 is 14.2 Å². The minimum atomic E-state index is -0.0313. The van der Waals surface area contributed by atoms with Crippen LogP contribution in [0.1, 0.15) is 30.9 Å². The van der Waals surface area contributed by atoms with Crippen molar-refractivity contribution in [2.24, 2.45) is 11.7 Å². The quantitative estimate of drug-likeness (QED) is 0.905. The van der Waals surface area contributed by atoms with Gasteiger partial charge in [-0.05, 0) is 25.3 Å². The summed E-state index contributed by atoms with van der Waals surface area (Å²) in [5.74, 6) is 1.99. The molecule has 4 nitrogen and oxygen atoms in total. The Kier molecular flexibility index (Phi) is 3.37. The Morgan fingerprint density at radius 2 is 2.11 bits per heavy atom. The molecule has 2 saturated heterocycles. The molecule has 2 fully saturated rings. The van der Waals surface area contributed by atoms with Crippen LogP contribution in [-0.4, -0.2) is 26.4 Å². The summed E-state index contributed by atoms with van der Waals surface area (Å²) in [6.07, 6.45) is 4.15. The Bertz CT molecular complexity index is 463. The number of hydrogen-bond acceptors (Lipinski definition) is 4. The van der Waals surface area contributed by atoms with Gasteiger partial charge in [0, 0.05) is 23.6 Å². The second-order valence-corrected chi connectivity index (χ2v) is 5.41. The zero-order chi connectivity index (χ0) is 13.4. The van der Waals surface area contributed by atoms with Gasteiger partial charge in [-0.25, -0.2) is 0 Å². The van der Waals surface area contributed by atoms with Gasteiger partial charge in [0.1, 0.15) is 11.5 Å². The smallest absolute Gasteiger partial charge is 0.127 e. The maximum Gasteiger partial charge on any atom is 0.127 e. The molecule has 0 saturated carbocycles. The molecule has 0 amide bonds. The van der Waals surface area contributed by atoms with E-state index >= 15 is 0 Å². The van der Waals surface area contributed by atoms with E-state index in [-0.39, 0.29) is 6.04 Å². The summed E-state index contributed by atoms with van der Waals surface area (Å²) in [6.45, 7) is 0. The van der Waals surface area contributed by atoms with Crippen LogP contribution < -0.4 is 15.2 Å². The largest absolute Gasteiger partial charge is 0.497 e. The number of rotatable bonds is 4. The monoisotopic (exact) mass is 263 g/mol. The van der Waals surface area contributed by atoms with E-state index in [1.54, 1.807) is 14.2 Å². The zero-order valence-corrected chi connectivity index (χ0v) is 11.5. The van der Waals surface area contributed by atoms with Gasteiger partial charge in [-0.15, -0.1) is 0 Å². The van der Waals surface area contributed by atoms with E-state index in [1.165, 1.54) is 6.42 Å². The predicted molar refractivity (Wildman–Crippen MR) is 72.5 cm³/mol. The Morgan fingerprint density at radius 3 is 2.68 bits per heavy atom. The lowest BCUT2D eigenvalue weighted by Crippen LogP contribution is -2.29. The topological polar surface area (TPSA) is 53.7 Å². The van der Waals surface area contributed by atoms with Crippen LogP contribution in [-0.2, 0) is 4.74 Å². The molecule has 104 valence electrons. The maximum absolute atomic E-state index is 6.45. The fourth-order valence-electron chi connectivity index (χ4n) is 3.38. The standard InChI is InChI=1S/C15H21NO3/c1-17-9-3-5-11(14(8-9)18-2)15(16)12-7-10-4-6-13(12)19-10/h3,5,8,10,12-13,15H,4,6-7,16H2,1-2H3. The molecule has 1 aromatic carbocycles. The Hall–Kier alpha value is -1.26. The highest BCUT2D eigenvalue weighted by Gasteiger charge is 2.44. The van der Waals surface area contributed by atoms with Crippen LogP contribution >= 0.6 is 0 Å². The van der Waals surface area contributed by atoms with E-state index in [2.05, 4.69) is 0 Å². The molecule has 0 aromatic heterocycles. The summed E-state index contributed by atoms with van der Waals surface area (Å²) in [4.78, 5) is 0. The van der Waals surface area contributed by atoms with Crippen molar-refractivity contribution in [3.05, 3.63) is 23.8 Å². The molecular weight excluding hydrogens is 242 g/mol. The first-order valence-electron chi connectivity index (χ1n) is 6.86. The molecule has 19 heavy (non-hydrogen) atoms. The summed E-state index contributed by atoms with van der Waals surface area (Å²) < 4.78 is 16.6. The molecular formula is C15H21NO3. The normalized spacial score (nSPS) is 30.4. The van der Waals surface area contributed by atoms with E-state index in [9.17, 15) is 0 Å². The van der Waals surface area contributed by atoms with Crippen molar-refractivity contribution in [3.63, 3.8) is 0 Å². The van der Waals surface area contributed by atoms with Crippen molar-refractivity contribution >= 4 is 0 Å². The van der Waals surface area contributed by atoms with Crippen molar-refractivity contribution in [2.45, 2.75) is 37.5 Å². The van der Waals surface area contributed by atoms with Gasteiger partial charge in [-0.3, -0.25) is 0 Å². The molecule has 0 spiro atoms.